The first-order chi connectivity index (χ1) is 9.82. The Morgan fingerprint density at radius 2 is 1.86 bits per heavy atom. The standard InChI is InChI=1S/C11H10ClF2N3O3S/c1-20-3-2-17-10(15-16-11(17)21(12,18)19)7-4-8(13)6-9(14)5-7/h4-6H,2-3H2,1H3. The van der Waals surface area contributed by atoms with Gasteiger partial charge in [-0.1, -0.05) is 0 Å². The average Bonchev–Trinajstić information content (AvgIpc) is 2.78. The molecule has 0 amide bonds. The van der Waals surface area contributed by atoms with Crippen molar-refractivity contribution in [3.8, 4) is 11.4 Å². The number of nitrogens with zero attached hydrogens (tertiary/aromatic N) is 3. The zero-order valence-electron chi connectivity index (χ0n) is 10.8. The molecule has 0 saturated carbocycles. The highest BCUT2D eigenvalue weighted by molar-refractivity contribution is 8.13. The van der Waals surface area contributed by atoms with Gasteiger partial charge in [0.2, 0.25) is 0 Å². The Hall–Kier alpha value is -1.58. The molecule has 1 aromatic carbocycles. The van der Waals surface area contributed by atoms with Crippen molar-refractivity contribution in [3.63, 3.8) is 0 Å². The zero-order valence-corrected chi connectivity index (χ0v) is 12.3. The van der Waals surface area contributed by atoms with Crippen LogP contribution < -0.4 is 0 Å². The van der Waals surface area contributed by atoms with Crippen molar-refractivity contribution >= 4 is 19.7 Å². The number of halogens is 3. The van der Waals surface area contributed by atoms with Gasteiger partial charge in [0.1, 0.15) is 11.6 Å². The van der Waals surface area contributed by atoms with E-state index in [0.717, 1.165) is 16.7 Å². The predicted molar refractivity (Wildman–Crippen MR) is 70.3 cm³/mol. The van der Waals surface area contributed by atoms with Gasteiger partial charge in [-0.3, -0.25) is 4.57 Å². The SMILES string of the molecule is COCCn1c(-c2cc(F)cc(F)c2)nnc1S(=O)(=O)Cl. The third-order valence-corrected chi connectivity index (χ3v) is 3.73. The Balaban J connectivity index is 2.60. The summed E-state index contributed by atoms with van der Waals surface area (Å²) in [5.74, 6) is -1.66. The number of hydrogen-bond donors (Lipinski definition) is 0. The van der Waals surface area contributed by atoms with Gasteiger partial charge in [-0.25, -0.2) is 17.2 Å². The van der Waals surface area contributed by atoms with Crippen molar-refractivity contribution in [2.75, 3.05) is 13.7 Å². The van der Waals surface area contributed by atoms with Crippen molar-refractivity contribution in [3.05, 3.63) is 29.8 Å². The highest BCUT2D eigenvalue weighted by Gasteiger charge is 2.23. The Morgan fingerprint density at radius 3 is 2.38 bits per heavy atom. The lowest BCUT2D eigenvalue weighted by molar-refractivity contribution is 0.185. The maximum Gasteiger partial charge on any atom is 0.296 e. The van der Waals surface area contributed by atoms with Gasteiger partial charge in [-0.15, -0.1) is 10.2 Å². The molecule has 6 nitrogen and oxygen atoms in total. The second kappa shape index (κ2) is 6.04. The maximum atomic E-state index is 13.3. The molecule has 1 heterocycles. The van der Waals surface area contributed by atoms with E-state index in [0.29, 0.717) is 6.07 Å². The normalized spacial score (nSPS) is 11.8. The van der Waals surface area contributed by atoms with E-state index < -0.39 is 25.8 Å². The highest BCUT2D eigenvalue weighted by atomic mass is 35.7. The lowest BCUT2D eigenvalue weighted by Gasteiger charge is -2.08. The van der Waals surface area contributed by atoms with Gasteiger partial charge in [-0.2, -0.15) is 0 Å². The zero-order chi connectivity index (χ0) is 15.6. The number of aromatic nitrogens is 3. The van der Waals surface area contributed by atoms with Crippen molar-refractivity contribution < 1.29 is 21.9 Å². The smallest absolute Gasteiger partial charge is 0.296 e. The molecule has 0 aliphatic carbocycles. The molecule has 1 aromatic heterocycles. The molecule has 0 aliphatic heterocycles. The first-order valence-electron chi connectivity index (χ1n) is 5.66. The van der Waals surface area contributed by atoms with E-state index in [4.69, 9.17) is 15.4 Å². The van der Waals surface area contributed by atoms with Crippen molar-refractivity contribution in [1.82, 2.24) is 14.8 Å². The fraction of sp³-hybridized carbons (Fsp3) is 0.273. The van der Waals surface area contributed by atoms with E-state index in [-0.39, 0.29) is 24.5 Å². The monoisotopic (exact) mass is 337 g/mol. The fourth-order valence-corrected chi connectivity index (χ4v) is 2.67. The lowest BCUT2D eigenvalue weighted by Crippen LogP contribution is -2.11. The van der Waals surface area contributed by atoms with Crippen LogP contribution in [-0.2, 0) is 20.3 Å². The first kappa shape index (κ1) is 15.8. The third-order valence-electron chi connectivity index (χ3n) is 2.57. The maximum absolute atomic E-state index is 13.3. The number of methoxy groups -OCH3 is 1. The summed E-state index contributed by atoms with van der Waals surface area (Å²) in [6.07, 6.45) is 0. The summed E-state index contributed by atoms with van der Waals surface area (Å²) in [5, 5.41) is 6.60. The molecule has 0 fully saturated rings. The van der Waals surface area contributed by atoms with Crippen molar-refractivity contribution in [1.29, 1.82) is 0 Å². The van der Waals surface area contributed by atoms with E-state index >= 15 is 0 Å². The Kier molecular flexibility index (Phi) is 4.55. The quantitative estimate of drug-likeness (QED) is 0.778. The molecule has 114 valence electrons. The van der Waals surface area contributed by atoms with E-state index in [9.17, 15) is 17.2 Å². The van der Waals surface area contributed by atoms with Crippen LogP contribution in [0.25, 0.3) is 11.4 Å². The van der Waals surface area contributed by atoms with Crippen LogP contribution in [0.4, 0.5) is 8.78 Å². The van der Waals surface area contributed by atoms with E-state index in [1.807, 2.05) is 0 Å². The lowest BCUT2D eigenvalue weighted by atomic mass is 10.2. The number of benzene rings is 1. The Labute approximate surface area is 123 Å². The largest absolute Gasteiger partial charge is 0.383 e. The highest BCUT2D eigenvalue weighted by Crippen LogP contribution is 2.24. The molecule has 0 saturated heterocycles. The molecule has 0 spiro atoms. The molecule has 0 unspecified atom stereocenters. The summed E-state index contributed by atoms with van der Waals surface area (Å²) in [6, 6.07) is 2.72. The minimum absolute atomic E-state index is 0.0234. The molecule has 0 radical (unpaired) electrons. The van der Waals surface area contributed by atoms with Gasteiger partial charge in [-0.05, 0) is 12.1 Å². The average molecular weight is 338 g/mol. The third kappa shape index (κ3) is 3.55. The number of rotatable bonds is 5. The predicted octanol–water partition coefficient (Wildman–Crippen LogP) is 1.80. The molecule has 2 rings (SSSR count). The number of ether oxygens (including phenoxy) is 1. The van der Waals surface area contributed by atoms with Gasteiger partial charge >= 0.3 is 0 Å². The number of hydrogen-bond acceptors (Lipinski definition) is 5. The summed E-state index contributed by atoms with van der Waals surface area (Å²) in [6.45, 7) is 0.195. The summed E-state index contributed by atoms with van der Waals surface area (Å²) >= 11 is 0. The van der Waals surface area contributed by atoms with E-state index in [1.165, 1.54) is 7.11 Å². The van der Waals surface area contributed by atoms with Crippen LogP contribution in [-0.4, -0.2) is 36.9 Å². The van der Waals surface area contributed by atoms with Crippen molar-refractivity contribution in [2.45, 2.75) is 11.7 Å². The van der Waals surface area contributed by atoms with Gasteiger partial charge < -0.3 is 4.74 Å². The van der Waals surface area contributed by atoms with Crippen LogP contribution in [0.2, 0.25) is 0 Å². The molecule has 0 atom stereocenters. The second-order valence-electron chi connectivity index (χ2n) is 4.05. The summed E-state index contributed by atoms with van der Waals surface area (Å²) in [7, 11) is 2.53. The van der Waals surface area contributed by atoms with Crippen molar-refractivity contribution in [2.24, 2.45) is 0 Å². The molecular weight excluding hydrogens is 328 g/mol. The summed E-state index contributed by atoms with van der Waals surface area (Å²) < 4.78 is 55.4. The molecule has 10 heteroatoms. The fourth-order valence-electron chi connectivity index (χ4n) is 1.75. The van der Waals surface area contributed by atoms with Crippen LogP contribution in [0.5, 0.6) is 0 Å². The van der Waals surface area contributed by atoms with Crippen LogP contribution in [0.3, 0.4) is 0 Å². The molecule has 21 heavy (non-hydrogen) atoms. The van der Waals surface area contributed by atoms with E-state index in [1.54, 1.807) is 0 Å². The minimum Gasteiger partial charge on any atom is -0.383 e. The van der Waals surface area contributed by atoms with Crippen LogP contribution in [0, 0.1) is 11.6 Å². The van der Waals surface area contributed by atoms with Crippen LogP contribution in [0.1, 0.15) is 0 Å². The van der Waals surface area contributed by atoms with Gasteiger partial charge in [0, 0.05) is 29.4 Å². The molecule has 0 aliphatic rings. The van der Waals surface area contributed by atoms with Gasteiger partial charge in [0.15, 0.2) is 5.82 Å². The second-order valence-corrected chi connectivity index (χ2v) is 6.51. The van der Waals surface area contributed by atoms with E-state index in [2.05, 4.69) is 10.2 Å². The molecule has 0 N–H and O–H groups in total. The Morgan fingerprint density at radius 1 is 1.24 bits per heavy atom. The Bertz CT molecular complexity index is 744. The van der Waals surface area contributed by atoms with Crippen LogP contribution in [0.15, 0.2) is 23.4 Å². The molecular formula is C11H10ClF2N3O3S. The molecule has 0 bridgehead atoms. The van der Waals surface area contributed by atoms with Gasteiger partial charge in [0.25, 0.3) is 14.2 Å². The van der Waals surface area contributed by atoms with Crippen LogP contribution >= 0.6 is 10.7 Å². The first-order valence-corrected chi connectivity index (χ1v) is 7.97. The summed E-state index contributed by atoms with van der Waals surface area (Å²) in [5.41, 5.74) is 0.0441. The molecule has 2 aromatic rings. The van der Waals surface area contributed by atoms with Gasteiger partial charge in [0.05, 0.1) is 13.2 Å². The minimum atomic E-state index is -4.15. The summed E-state index contributed by atoms with van der Waals surface area (Å²) in [4.78, 5) is 0. The topological polar surface area (TPSA) is 74.1 Å².